The van der Waals surface area contributed by atoms with E-state index in [0.717, 1.165) is 19.3 Å². The average Bonchev–Trinajstić information content (AvgIpc) is 2.77. The van der Waals surface area contributed by atoms with E-state index in [9.17, 15) is 9.59 Å². The summed E-state index contributed by atoms with van der Waals surface area (Å²) in [6.07, 6.45) is 19.4. The molecule has 188 valence electrons. The number of carboxylic acids is 1. The smallest absolute Gasteiger partial charge is 0.333 e. The number of carbonyl (C=O) groups excluding carboxylic acids is 1. The van der Waals surface area contributed by atoms with Crippen LogP contribution in [0.3, 0.4) is 0 Å². The molecule has 0 saturated carbocycles. The molecule has 0 aromatic carbocycles. The Balaban J connectivity index is 0. The van der Waals surface area contributed by atoms with E-state index in [1.165, 1.54) is 77.0 Å². The van der Waals surface area contributed by atoms with E-state index in [0.29, 0.717) is 30.1 Å². The zero-order valence-corrected chi connectivity index (χ0v) is 21.7. The van der Waals surface area contributed by atoms with Crippen LogP contribution in [0.15, 0.2) is 24.3 Å². The first kappa shape index (κ1) is 32.6. The number of rotatable bonds is 20. The maximum atomic E-state index is 11.1. The average molecular weight is 453 g/mol. The van der Waals surface area contributed by atoms with Crippen LogP contribution >= 0.6 is 0 Å². The van der Waals surface area contributed by atoms with Crippen molar-refractivity contribution in [1.82, 2.24) is 0 Å². The molecule has 0 radical (unpaired) electrons. The van der Waals surface area contributed by atoms with E-state index >= 15 is 0 Å². The van der Waals surface area contributed by atoms with E-state index in [1.807, 2.05) is 0 Å². The molecule has 0 aliphatic carbocycles. The van der Waals surface area contributed by atoms with E-state index < -0.39 is 5.97 Å². The third kappa shape index (κ3) is 23.1. The second-order valence-corrected chi connectivity index (χ2v) is 8.96. The van der Waals surface area contributed by atoms with Crippen LogP contribution in [0.4, 0.5) is 0 Å². The molecule has 0 aromatic heterocycles. The Bertz CT molecular complexity index is 496. The molecule has 0 saturated heterocycles. The number of carboxylic acid groups (broad SMARTS) is 1. The summed E-state index contributed by atoms with van der Waals surface area (Å²) in [6, 6.07) is 0. The molecule has 1 N–H and O–H groups in total. The fraction of sp³-hybridized carbons (Fsp3) is 0.786. The SMILES string of the molecule is C=C(C)C(=O)OCCCCCCCCCCCC.C=C(CCC(CC)CCCC)C(=O)O. The summed E-state index contributed by atoms with van der Waals surface area (Å²) in [4.78, 5) is 21.6. The van der Waals surface area contributed by atoms with Crippen molar-refractivity contribution in [3.63, 3.8) is 0 Å². The first-order valence-corrected chi connectivity index (χ1v) is 13.0. The van der Waals surface area contributed by atoms with Crippen molar-refractivity contribution in [2.45, 2.75) is 130 Å². The molecule has 1 atom stereocenters. The van der Waals surface area contributed by atoms with E-state index in [2.05, 4.69) is 33.9 Å². The molecule has 1 unspecified atom stereocenters. The lowest BCUT2D eigenvalue weighted by Crippen LogP contribution is -2.05. The molecular formula is C28H52O4. The summed E-state index contributed by atoms with van der Waals surface area (Å²) >= 11 is 0. The lowest BCUT2D eigenvalue weighted by Gasteiger charge is -2.13. The van der Waals surface area contributed by atoms with Gasteiger partial charge in [0.1, 0.15) is 0 Å². The Morgan fingerprint density at radius 2 is 1.28 bits per heavy atom. The molecule has 0 aliphatic rings. The van der Waals surface area contributed by atoms with Crippen LogP contribution in [0.25, 0.3) is 0 Å². The van der Waals surface area contributed by atoms with Crippen molar-refractivity contribution >= 4 is 11.9 Å². The molecule has 0 spiro atoms. The standard InChI is InChI=1S/C16H30O2.C12H22O2/c1-4-5-6-7-8-9-10-11-12-13-14-18-16(17)15(2)3;1-4-6-7-11(5-2)9-8-10(3)12(13)14/h2,4-14H2,1,3H3;11H,3-9H2,1-2H3,(H,13,14). The van der Waals surface area contributed by atoms with Crippen LogP contribution in [0.5, 0.6) is 0 Å². The Morgan fingerprint density at radius 1 is 0.781 bits per heavy atom. The van der Waals surface area contributed by atoms with Gasteiger partial charge in [-0.2, -0.15) is 0 Å². The van der Waals surface area contributed by atoms with Gasteiger partial charge in [-0.05, 0) is 32.1 Å². The van der Waals surface area contributed by atoms with Gasteiger partial charge in [0.05, 0.1) is 6.61 Å². The monoisotopic (exact) mass is 452 g/mol. The van der Waals surface area contributed by atoms with Gasteiger partial charge in [0, 0.05) is 11.1 Å². The van der Waals surface area contributed by atoms with Gasteiger partial charge in [-0.1, -0.05) is 117 Å². The van der Waals surface area contributed by atoms with Crippen LogP contribution < -0.4 is 0 Å². The minimum atomic E-state index is -0.852. The predicted molar refractivity (Wildman–Crippen MR) is 137 cm³/mol. The van der Waals surface area contributed by atoms with Gasteiger partial charge in [-0.15, -0.1) is 0 Å². The molecule has 0 aromatic rings. The molecular weight excluding hydrogens is 400 g/mol. The number of unbranched alkanes of at least 4 members (excludes halogenated alkanes) is 10. The van der Waals surface area contributed by atoms with Crippen LogP contribution in [0.2, 0.25) is 0 Å². The number of ether oxygens (including phenoxy) is 1. The van der Waals surface area contributed by atoms with Crippen molar-refractivity contribution in [3.8, 4) is 0 Å². The highest BCUT2D eigenvalue weighted by Gasteiger charge is 2.09. The number of carbonyl (C=O) groups is 2. The number of esters is 1. The van der Waals surface area contributed by atoms with Gasteiger partial charge < -0.3 is 9.84 Å². The normalized spacial score (nSPS) is 11.2. The number of hydrogen-bond donors (Lipinski definition) is 1. The van der Waals surface area contributed by atoms with E-state index in [1.54, 1.807) is 6.92 Å². The first-order chi connectivity index (χ1) is 15.3. The number of aliphatic carboxylic acids is 1. The van der Waals surface area contributed by atoms with Gasteiger partial charge in [-0.25, -0.2) is 9.59 Å². The summed E-state index contributed by atoms with van der Waals surface area (Å²) < 4.78 is 5.04. The minimum Gasteiger partial charge on any atom is -0.478 e. The highest BCUT2D eigenvalue weighted by atomic mass is 16.5. The maximum Gasteiger partial charge on any atom is 0.333 e. The summed E-state index contributed by atoms with van der Waals surface area (Å²) in [5.41, 5.74) is 0.835. The second kappa shape index (κ2) is 24.1. The molecule has 0 amide bonds. The molecule has 0 rings (SSSR count). The minimum absolute atomic E-state index is 0.258. The van der Waals surface area contributed by atoms with Gasteiger partial charge in [-0.3, -0.25) is 0 Å². The highest BCUT2D eigenvalue weighted by Crippen LogP contribution is 2.20. The van der Waals surface area contributed by atoms with Crippen LogP contribution in [-0.2, 0) is 14.3 Å². The topological polar surface area (TPSA) is 63.6 Å². The van der Waals surface area contributed by atoms with Crippen molar-refractivity contribution in [1.29, 1.82) is 0 Å². The Hall–Kier alpha value is -1.58. The van der Waals surface area contributed by atoms with Crippen LogP contribution in [0.1, 0.15) is 130 Å². The lowest BCUT2D eigenvalue weighted by molar-refractivity contribution is -0.139. The third-order valence-electron chi connectivity index (χ3n) is 5.78. The van der Waals surface area contributed by atoms with Gasteiger partial charge in [0.15, 0.2) is 0 Å². The molecule has 0 bridgehead atoms. The highest BCUT2D eigenvalue weighted by molar-refractivity contribution is 5.86. The van der Waals surface area contributed by atoms with Gasteiger partial charge in [0.2, 0.25) is 0 Å². The molecule has 4 heteroatoms. The van der Waals surface area contributed by atoms with Crippen molar-refractivity contribution in [3.05, 3.63) is 24.3 Å². The zero-order chi connectivity index (χ0) is 24.6. The molecule has 4 nitrogen and oxygen atoms in total. The van der Waals surface area contributed by atoms with Crippen molar-refractivity contribution in [2.24, 2.45) is 5.92 Å². The first-order valence-electron chi connectivity index (χ1n) is 13.0. The van der Waals surface area contributed by atoms with Crippen LogP contribution in [-0.4, -0.2) is 23.7 Å². The summed E-state index contributed by atoms with van der Waals surface area (Å²) in [7, 11) is 0. The Kier molecular flexibility index (Phi) is 24.5. The lowest BCUT2D eigenvalue weighted by atomic mass is 9.93. The van der Waals surface area contributed by atoms with Crippen molar-refractivity contribution < 1.29 is 19.4 Å². The molecule has 0 heterocycles. The third-order valence-corrected chi connectivity index (χ3v) is 5.78. The van der Waals surface area contributed by atoms with E-state index in [-0.39, 0.29) is 5.97 Å². The maximum absolute atomic E-state index is 11.1. The number of hydrogen-bond acceptors (Lipinski definition) is 3. The fourth-order valence-corrected chi connectivity index (χ4v) is 3.41. The zero-order valence-electron chi connectivity index (χ0n) is 21.7. The Morgan fingerprint density at radius 3 is 1.72 bits per heavy atom. The molecule has 0 fully saturated rings. The van der Waals surface area contributed by atoms with Gasteiger partial charge in [0.25, 0.3) is 0 Å². The summed E-state index contributed by atoms with van der Waals surface area (Å²) in [6.45, 7) is 15.9. The van der Waals surface area contributed by atoms with E-state index in [4.69, 9.17) is 9.84 Å². The largest absolute Gasteiger partial charge is 0.478 e. The van der Waals surface area contributed by atoms with Gasteiger partial charge >= 0.3 is 11.9 Å². The summed E-state index contributed by atoms with van der Waals surface area (Å²) in [5.74, 6) is -0.438. The Labute approximate surface area is 198 Å². The fourth-order valence-electron chi connectivity index (χ4n) is 3.41. The predicted octanol–water partition coefficient (Wildman–Crippen LogP) is 8.65. The quantitative estimate of drug-likeness (QED) is 0.114. The molecule has 0 aliphatic heterocycles. The van der Waals surface area contributed by atoms with Crippen molar-refractivity contribution in [2.75, 3.05) is 6.61 Å². The second-order valence-electron chi connectivity index (χ2n) is 8.96. The summed E-state index contributed by atoms with van der Waals surface area (Å²) in [5, 5.41) is 8.64. The molecule has 32 heavy (non-hydrogen) atoms. The van der Waals surface area contributed by atoms with Crippen LogP contribution in [0, 0.1) is 5.92 Å².